The van der Waals surface area contributed by atoms with E-state index in [1.165, 1.54) is 0 Å². The second kappa shape index (κ2) is 7.23. The van der Waals surface area contributed by atoms with Gasteiger partial charge in [-0.05, 0) is 19.1 Å². The SMILES string of the molecule is C#CCC(C)NC(=O)CCOc1cccc(N)c1. The summed E-state index contributed by atoms with van der Waals surface area (Å²) in [4.78, 5) is 11.5. The number of benzene rings is 1. The van der Waals surface area contributed by atoms with Gasteiger partial charge in [0.25, 0.3) is 0 Å². The number of rotatable bonds is 6. The molecule has 0 saturated carbocycles. The van der Waals surface area contributed by atoms with Crippen LogP contribution >= 0.6 is 0 Å². The molecule has 0 saturated heterocycles. The van der Waals surface area contributed by atoms with Crippen molar-refractivity contribution in [3.8, 4) is 18.1 Å². The molecule has 96 valence electrons. The molecule has 3 N–H and O–H groups in total. The van der Waals surface area contributed by atoms with Crippen LogP contribution < -0.4 is 15.8 Å². The summed E-state index contributed by atoms with van der Waals surface area (Å²) in [6.07, 6.45) is 5.98. The summed E-state index contributed by atoms with van der Waals surface area (Å²) in [6.45, 7) is 2.19. The first-order chi connectivity index (χ1) is 8.61. The van der Waals surface area contributed by atoms with Gasteiger partial charge in [-0.1, -0.05) is 6.07 Å². The normalized spacial score (nSPS) is 11.3. The average Bonchev–Trinajstić information content (AvgIpc) is 2.29. The molecule has 1 rings (SSSR count). The van der Waals surface area contributed by atoms with Crippen LogP contribution in [0, 0.1) is 12.3 Å². The number of terminal acetylenes is 1. The van der Waals surface area contributed by atoms with E-state index < -0.39 is 0 Å². The topological polar surface area (TPSA) is 64.3 Å². The Labute approximate surface area is 108 Å². The maximum absolute atomic E-state index is 11.5. The molecule has 1 aromatic carbocycles. The van der Waals surface area contributed by atoms with E-state index in [2.05, 4.69) is 11.2 Å². The van der Waals surface area contributed by atoms with Crippen molar-refractivity contribution in [2.75, 3.05) is 12.3 Å². The molecule has 1 atom stereocenters. The lowest BCUT2D eigenvalue weighted by Crippen LogP contribution is -2.33. The van der Waals surface area contributed by atoms with E-state index >= 15 is 0 Å². The van der Waals surface area contributed by atoms with Crippen LogP contribution in [0.1, 0.15) is 19.8 Å². The number of nitrogens with two attached hydrogens (primary N) is 1. The van der Waals surface area contributed by atoms with Gasteiger partial charge in [-0.3, -0.25) is 4.79 Å². The van der Waals surface area contributed by atoms with Gasteiger partial charge in [0.05, 0.1) is 13.0 Å². The third-order valence-corrected chi connectivity index (χ3v) is 2.29. The highest BCUT2D eigenvalue weighted by Crippen LogP contribution is 2.14. The molecule has 0 aliphatic carbocycles. The molecule has 1 amide bonds. The lowest BCUT2D eigenvalue weighted by atomic mass is 10.2. The highest BCUT2D eigenvalue weighted by Gasteiger charge is 2.06. The zero-order valence-electron chi connectivity index (χ0n) is 10.5. The highest BCUT2D eigenvalue weighted by atomic mass is 16.5. The molecular weight excluding hydrogens is 228 g/mol. The number of nitrogen functional groups attached to an aromatic ring is 1. The van der Waals surface area contributed by atoms with Crippen LogP contribution in [0.25, 0.3) is 0 Å². The fraction of sp³-hybridized carbons (Fsp3) is 0.357. The van der Waals surface area contributed by atoms with E-state index in [-0.39, 0.29) is 11.9 Å². The number of carbonyl (C=O) groups is 1. The Bertz CT molecular complexity index is 438. The number of carbonyl (C=O) groups excluding carboxylic acids is 1. The van der Waals surface area contributed by atoms with Gasteiger partial charge in [0.1, 0.15) is 5.75 Å². The highest BCUT2D eigenvalue weighted by molar-refractivity contribution is 5.76. The molecular formula is C14H18N2O2. The zero-order chi connectivity index (χ0) is 13.4. The van der Waals surface area contributed by atoms with Crippen molar-refractivity contribution >= 4 is 11.6 Å². The lowest BCUT2D eigenvalue weighted by Gasteiger charge is -2.11. The third-order valence-electron chi connectivity index (χ3n) is 2.29. The minimum absolute atomic E-state index is 0.00475. The van der Waals surface area contributed by atoms with Gasteiger partial charge in [0.15, 0.2) is 0 Å². The van der Waals surface area contributed by atoms with Gasteiger partial charge in [-0.15, -0.1) is 12.3 Å². The van der Waals surface area contributed by atoms with Crippen LogP contribution in [-0.2, 0) is 4.79 Å². The van der Waals surface area contributed by atoms with Crippen molar-refractivity contribution in [2.45, 2.75) is 25.8 Å². The van der Waals surface area contributed by atoms with E-state index in [1.54, 1.807) is 24.3 Å². The van der Waals surface area contributed by atoms with Crippen molar-refractivity contribution in [1.82, 2.24) is 5.32 Å². The van der Waals surface area contributed by atoms with Gasteiger partial charge >= 0.3 is 0 Å². The number of anilines is 1. The third kappa shape index (κ3) is 5.26. The first-order valence-electron chi connectivity index (χ1n) is 5.83. The first-order valence-corrected chi connectivity index (χ1v) is 5.83. The fourth-order valence-electron chi connectivity index (χ4n) is 1.44. The van der Waals surface area contributed by atoms with E-state index in [0.29, 0.717) is 30.9 Å². The monoisotopic (exact) mass is 246 g/mol. The zero-order valence-corrected chi connectivity index (χ0v) is 10.5. The molecule has 0 aliphatic rings. The molecule has 4 heteroatoms. The van der Waals surface area contributed by atoms with Gasteiger partial charge in [-0.2, -0.15) is 0 Å². The molecule has 0 aromatic heterocycles. The van der Waals surface area contributed by atoms with Crippen molar-refractivity contribution in [1.29, 1.82) is 0 Å². The molecule has 1 unspecified atom stereocenters. The lowest BCUT2D eigenvalue weighted by molar-refractivity contribution is -0.122. The molecule has 0 radical (unpaired) electrons. The number of nitrogens with one attached hydrogen (secondary N) is 1. The molecule has 0 aliphatic heterocycles. The van der Waals surface area contributed by atoms with Crippen LogP contribution in [0.4, 0.5) is 5.69 Å². The first kappa shape index (κ1) is 13.9. The summed E-state index contributed by atoms with van der Waals surface area (Å²) in [5.41, 5.74) is 6.25. The molecule has 18 heavy (non-hydrogen) atoms. The molecule has 0 heterocycles. The van der Waals surface area contributed by atoms with E-state index in [4.69, 9.17) is 16.9 Å². The number of amides is 1. The van der Waals surface area contributed by atoms with Crippen molar-refractivity contribution in [3.05, 3.63) is 24.3 Å². The fourth-order valence-corrected chi connectivity index (χ4v) is 1.44. The summed E-state index contributed by atoms with van der Waals surface area (Å²) >= 11 is 0. The number of hydrogen-bond donors (Lipinski definition) is 2. The van der Waals surface area contributed by atoms with Crippen molar-refractivity contribution in [2.24, 2.45) is 0 Å². The van der Waals surface area contributed by atoms with Gasteiger partial charge < -0.3 is 15.8 Å². The Morgan fingerprint density at radius 1 is 1.61 bits per heavy atom. The maximum Gasteiger partial charge on any atom is 0.223 e. The second-order valence-electron chi connectivity index (χ2n) is 4.05. The van der Waals surface area contributed by atoms with Crippen LogP contribution in [-0.4, -0.2) is 18.6 Å². The van der Waals surface area contributed by atoms with Crippen LogP contribution in [0.3, 0.4) is 0 Å². The molecule has 0 bridgehead atoms. The summed E-state index contributed by atoms with van der Waals surface area (Å²) in [7, 11) is 0. The van der Waals surface area contributed by atoms with Crippen molar-refractivity contribution in [3.63, 3.8) is 0 Å². The number of hydrogen-bond acceptors (Lipinski definition) is 3. The molecule has 0 fully saturated rings. The van der Waals surface area contributed by atoms with Crippen molar-refractivity contribution < 1.29 is 9.53 Å². The summed E-state index contributed by atoms with van der Waals surface area (Å²) in [6, 6.07) is 7.10. The minimum Gasteiger partial charge on any atom is -0.493 e. The Morgan fingerprint density at radius 2 is 2.39 bits per heavy atom. The number of ether oxygens (including phenoxy) is 1. The minimum atomic E-state index is -0.0679. The maximum atomic E-state index is 11.5. The molecule has 4 nitrogen and oxygen atoms in total. The molecule has 0 spiro atoms. The quantitative estimate of drug-likeness (QED) is 0.591. The summed E-state index contributed by atoms with van der Waals surface area (Å²) in [5, 5.41) is 2.79. The van der Waals surface area contributed by atoms with Gasteiger partial charge in [-0.25, -0.2) is 0 Å². The Balaban J connectivity index is 2.26. The Kier molecular flexibility index (Phi) is 5.59. The van der Waals surface area contributed by atoms with E-state index in [0.717, 1.165) is 0 Å². The van der Waals surface area contributed by atoms with Crippen LogP contribution in [0.2, 0.25) is 0 Å². The Morgan fingerprint density at radius 3 is 3.06 bits per heavy atom. The van der Waals surface area contributed by atoms with Gasteiger partial charge in [0.2, 0.25) is 5.91 Å². The van der Waals surface area contributed by atoms with E-state index in [1.807, 2.05) is 6.92 Å². The van der Waals surface area contributed by atoms with Gasteiger partial charge in [0, 0.05) is 24.2 Å². The smallest absolute Gasteiger partial charge is 0.223 e. The predicted molar refractivity (Wildman–Crippen MR) is 72.0 cm³/mol. The average molecular weight is 246 g/mol. The molecule has 1 aromatic rings. The second-order valence-corrected chi connectivity index (χ2v) is 4.05. The largest absolute Gasteiger partial charge is 0.493 e. The predicted octanol–water partition coefficient (Wildman–Crippen LogP) is 1.57. The van der Waals surface area contributed by atoms with E-state index in [9.17, 15) is 4.79 Å². The van der Waals surface area contributed by atoms with Crippen LogP contribution in [0.15, 0.2) is 24.3 Å². The summed E-state index contributed by atoms with van der Waals surface area (Å²) in [5.74, 6) is 3.10. The van der Waals surface area contributed by atoms with Crippen LogP contribution in [0.5, 0.6) is 5.75 Å². The summed E-state index contributed by atoms with van der Waals surface area (Å²) < 4.78 is 5.42. The Hall–Kier alpha value is -2.15. The standard InChI is InChI=1S/C14H18N2O2/c1-3-5-11(2)16-14(17)8-9-18-13-7-4-6-12(15)10-13/h1,4,6-7,10-11H,5,8-9,15H2,2H3,(H,16,17).